The average Bonchev–Trinajstić information content (AvgIpc) is 2.70. The summed E-state index contributed by atoms with van der Waals surface area (Å²) >= 11 is 5.98. The van der Waals surface area contributed by atoms with Crippen LogP contribution in [0, 0.1) is 0 Å². The van der Waals surface area contributed by atoms with Crippen LogP contribution in [-0.2, 0) is 6.54 Å². The quantitative estimate of drug-likeness (QED) is 0.794. The summed E-state index contributed by atoms with van der Waals surface area (Å²) in [6.07, 6.45) is 1.51. The van der Waals surface area contributed by atoms with Crippen molar-refractivity contribution >= 4 is 11.6 Å². The molecule has 72 valence electrons. The number of aromatic nitrogens is 4. The molecule has 14 heavy (non-hydrogen) atoms. The van der Waals surface area contributed by atoms with Crippen LogP contribution in [0.1, 0.15) is 5.56 Å². The fourth-order valence-electron chi connectivity index (χ4n) is 1.12. The number of hydrogen-bond donors (Lipinski definition) is 1. The standard InChI is InChI=1S/C8H8ClN5/c9-8-3-7(2-1-6(8)4-10)14-5-11-12-13-14/h1-3,5H,4,10H2. The summed E-state index contributed by atoms with van der Waals surface area (Å²) in [4.78, 5) is 0. The predicted molar refractivity (Wildman–Crippen MR) is 52.1 cm³/mol. The molecule has 2 aromatic rings. The minimum Gasteiger partial charge on any atom is -0.326 e. The highest BCUT2D eigenvalue weighted by molar-refractivity contribution is 6.31. The lowest BCUT2D eigenvalue weighted by atomic mass is 10.2. The van der Waals surface area contributed by atoms with Gasteiger partial charge in [0.25, 0.3) is 0 Å². The summed E-state index contributed by atoms with van der Waals surface area (Å²) in [5.74, 6) is 0. The van der Waals surface area contributed by atoms with E-state index in [0.29, 0.717) is 11.6 Å². The molecule has 1 aromatic heterocycles. The van der Waals surface area contributed by atoms with E-state index in [9.17, 15) is 0 Å². The number of rotatable bonds is 2. The van der Waals surface area contributed by atoms with Crippen LogP contribution >= 0.6 is 11.6 Å². The van der Waals surface area contributed by atoms with Crippen LogP contribution < -0.4 is 5.73 Å². The molecule has 0 spiro atoms. The molecule has 6 heteroatoms. The predicted octanol–water partition coefficient (Wildman–Crippen LogP) is 0.774. The van der Waals surface area contributed by atoms with Crippen LogP contribution in [0.25, 0.3) is 5.69 Å². The zero-order valence-corrected chi connectivity index (χ0v) is 8.02. The largest absolute Gasteiger partial charge is 0.326 e. The Bertz CT molecular complexity index is 425. The molecular weight excluding hydrogens is 202 g/mol. The molecular formula is C8H8ClN5. The van der Waals surface area contributed by atoms with E-state index in [1.807, 2.05) is 12.1 Å². The molecule has 0 bridgehead atoms. The first-order valence-electron chi connectivity index (χ1n) is 4.03. The monoisotopic (exact) mass is 209 g/mol. The third kappa shape index (κ3) is 1.59. The zero-order valence-electron chi connectivity index (χ0n) is 7.26. The zero-order chi connectivity index (χ0) is 9.97. The lowest BCUT2D eigenvalue weighted by molar-refractivity contribution is 0.788. The summed E-state index contributed by atoms with van der Waals surface area (Å²) in [5, 5.41) is 11.4. The molecule has 0 atom stereocenters. The van der Waals surface area contributed by atoms with Gasteiger partial charge in [-0.1, -0.05) is 17.7 Å². The Morgan fingerprint density at radius 2 is 2.29 bits per heavy atom. The van der Waals surface area contributed by atoms with E-state index in [1.54, 1.807) is 6.07 Å². The highest BCUT2D eigenvalue weighted by atomic mass is 35.5. The normalized spacial score (nSPS) is 10.4. The van der Waals surface area contributed by atoms with Crippen LogP contribution in [0.15, 0.2) is 24.5 Å². The molecule has 0 aliphatic heterocycles. The number of tetrazole rings is 1. The van der Waals surface area contributed by atoms with Crippen molar-refractivity contribution in [2.24, 2.45) is 5.73 Å². The van der Waals surface area contributed by atoms with Gasteiger partial charge < -0.3 is 5.73 Å². The van der Waals surface area contributed by atoms with Gasteiger partial charge in [0.2, 0.25) is 0 Å². The van der Waals surface area contributed by atoms with Gasteiger partial charge in [-0.2, -0.15) is 0 Å². The molecule has 1 aromatic carbocycles. The summed E-state index contributed by atoms with van der Waals surface area (Å²) in [6, 6.07) is 5.50. The van der Waals surface area contributed by atoms with Gasteiger partial charge in [-0.25, -0.2) is 4.68 Å². The Hall–Kier alpha value is -1.46. The van der Waals surface area contributed by atoms with Crippen LogP contribution in [0.4, 0.5) is 0 Å². The van der Waals surface area contributed by atoms with E-state index in [-0.39, 0.29) is 0 Å². The summed E-state index contributed by atoms with van der Waals surface area (Å²) in [5.41, 5.74) is 7.21. The Morgan fingerprint density at radius 3 is 2.86 bits per heavy atom. The van der Waals surface area contributed by atoms with Crippen molar-refractivity contribution in [1.29, 1.82) is 0 Å². The maximum atomic E-state index is 5.98. The molecule has 0 aliphatic carbocycles. The smallest absolute Gasteiger partial charge is 0.143 e. The topological polar surface area (TPSA) is 69.6 Å². The highest BCUT2D eigenvalue weighted by Crippen LogP contribution is 2.18. The van der Waals surface area contributed by atoms with Gasteiger partial charge in [-0.15, -0.1) is 5.10 Å². The van der Waals surface area contributed by atoms with Crippen LogP contribution in [0.3, 0.4) is 0 Å². The van der Waals surface area contributed by atoms with E-state index in [1.165, 1.54) is 11.0 Å². The molecule has 0 amide bonds. The second-order valence-electron chi connectivity index (χ2n) is 2.73. The lowest BCUT2D eigenvalue weighted by Gasteiger charge is -2.03. The fraction of sp³-hybridized carbons (Fsp3) is 0.125. The van der Waals surface area contributed by atoms with Gasteiger partial charge in [0, 0.05) is 11.6 Å². The summed E-state index contributed by atoms with van der Waals surface area (Å²) < 4.78 is 1.53. The average molecular weight is 210 g/mol. The van der Waals surface area contributed by atoms with E-state index in [4.69, 9.17) is 17.3 Å². The van der Waals surface area contributed by atoms with Crippen molar-refractivity contribution < 1.29 is 0 Å². The van der Waals surface area contributed by atoms with Crippen LogP contribution in [-0.4, -0.2) is 20.2 Å². The van der Waals surface area contributed by atoms with Crippen molar-refractivity contribution in [2.75, 3.05) is 0 Å². The molecule has 0 saturated carbocycles. The number of benzene rings is 1. The molecule has 0 aliphatic rings. The molecule has 1 heterocycles. The lowest BCUT2D eigenvalue weighted by Crippen LogP contribution is -2.00. The molecule has 0 saturated heterocycles. The maximum Gasteiger partial charge on any atom is 0.143 e. The molecule has 0 radical (unpaired) electrons. The van der Waals surface area contributed by atoms with Crippen molar-refractivity contribution in [3.05, 3.63) is 35.1 Å². The van der Waals surface area contributed by atoms with Crippen LogP contribution in [0.2, 0.25) is 5.02 Å². The van der Waals surface area contributed by atoms with E-state index < -0.39 is 0 Å². The Kier molecular flexibility index (Phi) is 2.43. The fourth-order valence-corrected chi connectivity index (χ4v) is 1.38. The molecule has 2 N–H and O–H groups in total. The molecule has 2 rings (SSSR count). The third-order valence-corrected chi connectivity index (χ3v) is 2.22. The van der Waals surface area contributed by atoms with Gasteiger partial charge in [-0.05, 0) is 28.1 Å². The van der Waals surface area contributed by atoms with Gasteiger partial charge in [-0.3, -0.25) is 0 Å². The maximum absolute atomic E-state index is 5.98. The third-order valence-electron chi connectivity index (χ3n) is 1.87. The Morgan fingerprint density at radius 1 is 1.43 bits per heavy atom. The second kappa shape index (κ2) is 3.73. The molecule has 0 fully saturated rings. The van der Waals surface area contributed by atoms with Crippen molar-refractivity contribution in [2.45, 2.75) is 6.54 Å². The number of nitrogens with two attached hydrogens (primary N) is 1. The van der Waals surface area contributed by atoms with E-state index >= 15 is 0 Å². The molecule has 0 unspecified atom stereocenters. The first-order valence-corrected chi connectivity index (χ1v) is 4.41. The van der Waals surface area contributed by atoms with Gasteiger partial charge in [0.05, 0.1) is 5.69 Å². The van der Waals surface area contributed by atoms with E-state index in [0.717, 1.165) is 11.3 Å². The number of halogens is 1. The second-order valence-corrected chi connectivity index (χ2v) is 3.14. The highest BCUT2D eigenvalue weighted by Gasteiger charge is 2.02. The number of nitrogens with zero attached hydrogens (tertiary/aromatic N) is 4. The Labute approximate surface area is 85.5 Å². The first kappa shape index (κ1) is 9.11. The first-order chi connectivity index (χ1) is 6.81. The van der Waals surface area contributed by atoms with Gasteiger partial charge >= 0.3 is 0 Å². The van der Waals surface area contributed by atoms with Gasteiger partial charge in [0.1, 0.15) is 6.33 Å². The van der Waals surface area contributed by atoms with Crippen molar-refractivity contribution in [3.8, 4) is 5.69 Å². The number of hydrogen-bond acceptors (Lipinski definition) is 4. The van der Waals surface area contributed by atoms with Crippen molar-refractivity contribution in [3.63, 3.8) is 0 Å². The van der Waals surface area contributed by atoms with E-state index in [2.05, 4.69) is 15.5 Å². The minimum atomic E-state index is 0.425. The summed E-state index contributed by atoms with van der Waals surface area (Å²) in [6.45, 7) is 0.425. The summed E-state index contributed by atoms with van der Waals surface area (Å²) in [7, 11) is 0. The van der Waals surface area contributed by atoms with Crippen LogP contribution in [0.5, 0.6) is 0 Å². The van der Waals surface area contributed by atoms with Crippen molar-refractivity contribution in [1.82, 2.24) is 20.2 Å². The van der Waals surface area contributed by atoms with Gasteiger partial charge in [0.15, 0.2) is 0 Å². The minimum absolute atomic E-state index is 0.425. The Balaban J connectivity index is 2.43. The molecule has 5 nitrogen and oxygen atoms in total. The SMILES string of the molecule is NCc1ccc(-n2cnnn2)cc1Cl.